The Morgan fingerprint density at radius 3 is 2.27 bits per heavy atom. The van der Waals surface area contributed by atoms with Gasteiger partial charge in [0.15, 0.2) is 9.84 Å². The zero-order valence-electron chi connectivity index (χ0n) is 10.1. The minimum absolute atomic E-state index is 0.0938. The van der Waals surface area contributed by atoms with E-state index < -0.39 is 9.84 Å². The Hall–Kier alpha value is -0.130. The van der Waals surface area contributed by atoms with Crippen molar-refractivity contribution in [3.8, 4) is 0 Å². The summed E-state index contributed by atoms with van der Waals surface area (Å²) in [6.45, 7) is 6.97. The molecule has 0 bridgehead atoms. The normalized spacial score (nSPS) is 14.5. The monoisotopic (exact) mass is 237 g/mol. The molecule has 0 amide bonds. The predicted molar refractivity (Wildman–Crippen MR) is 62.8 cm³/mol. The van der Waals surface area contributed by atoms with Gasteiger partial charge in [-0.1, -0.05) is 20.8 Å². The smallest absolute Gasteiger partial charge is 0.152 e. The van der Waals surface area contributed by atoms with Gasteiger partial charge in [-0.25, -0.2) is 8.42 Å². The number of nitrogens with one attached hydrogen (secondary N) is 1. The lowest BCUT2D eigenvalue weighted by Gasteiger charge is -2.17. The van der Waals surface area contributed by atoms with Gasteiger partial charge in [0.2, 0.25) is 0 Å². The lowest BCUT2D eigenvalue weighted by molar-refractivity contribution is 0.174. The fourth-order valence-corrected chi connectivity index (χ4v) is 3.52. The molecule has 0 aromatic carbocycles. The van der Waals surface area contributed by atoms with Gasteiger partial charge in [-0.15, -0.1) is 0 Å². The van der Waals surface area contributed by atoms with E-state index in [9.17, 15) is 8.42 Å². The first-order chi connectivity index (χ1) is 6.91. The summed E-state index contributed by atoms with van der Waals surface area (Å²) >= 11 is 0. The van der Waals surface area contributed by atoms with E-state index in [0.717, 1.165) is 6.54 Å². The number of rotatable bonds is 8. The predicted octanol–water partition coefficient (Wildman–Crippen LogP) is 0.682. The summed E-state index contributed by atoms with van der Waals surface area (Å²) in [5.74, 6) is 0.589. The molecule has 1 atom stereocenters. The van der Waals surface area contributed by atoms with Crippen LogP contribution < -0.4 is 5.32 Å². The van der Waals surface area contributed by atoms with Crippen LogP contribution in [0.5, 0.6) is 0 Å². The van der Waals surface area contributed by atoms with Crippen molar-refractivity contribution >= 4 is 9.84 Å². The molecule has 4 nitrogen and oxygen atoms in total. The van der Waals surface area contributed by atoms with Crippen LogP contribution in [0.1, 0.15) is 20.8 Å². The molecule has 0 aliphatic carbocycles. The number of methoxy groups -OCH3 is 1. The number of hydrogen-bond donors (Lipinski definition) is 1. The van der Waals surface area contributed by atoms with Crippen LogP contribution in [0.4, 0.5) is 0 Å². The van der Waals surface area contributed by atoms with E-state index in [1.807, 2.05) is 20.8 Å². The Morgan fingerprint density at radius 2 is 1.87 bits per heavy atom. The maximum atomic E-state index is 11.7. The second kappa shape index (κ2) is 7.19. The lowest BCUT2D eigenvalue weighted by atomic mass is 10.3. The van der Waals surface area contributed by atoms with Crippen LogP contribution in [0.15, 0.2) is 0 Å². The molecule has 0 saturated heterocycles. The second-order valence-electron chi connectivity index (χ2n) is 4.18. The first kappa shape index (κ1) is 14.9. The van der Waals surface area contributed by atoms with Gasteiger partial charge in [0, 0.05) is 13.2 Å². The summed E-state index contributed by atoms with van der Waals surface area (Å²) in [4.78, 5) is 0. The van der Waals surface area contributed by atoms with Gasteiger partial charge in [0.05, 0.1) is 18.1 Å². The van der Waals surface area contributed by atoms with Crippen molar-refractivity contribution in [3.63, 3.8) is 0 Å². The van der Waals surface area contributed by atoms with Crippen molar-refractivity contribution in [2.24, 2.45) is 5.92 Å². The van der Waals surface area contributed by atoms with Gasteiger partial charge in [0.25, 0.3) is 0 Å². The number of ether oxygens (including phenoxy) is 1. The first-order valence-corrected chi connectivity index (χ1v) is 7.16. The zero-order valence-corrected chi connectivity index (χ0v) is 10.9. The number of hydrogen-bond acceptors (Lipinski definition) is 4. The Morgan fingerprint density at radius 1 is 1.27 bits per heavy atom. The maximum Gasteiger partial charge on any atom is 0.152 e. The second-order valence-corrected chi connectivity index (χ2v) is 6.33. The van der Waals surface area contributed by atoms with E-state index in [4.69, 9.17) is 4.74 Å². The van der Waals surface area contributed by atoms with Gasteiger partial charge in [0.1, 0.15) is 0 Å². The number of likely N-dealkylation sites (N-methyl/N-ethyl adjacent to an activating group) is 1. The standard InChI is InChI=1S/C10H23NO3S/c1-5-11-10(6-14-4)8-15(12,13)7-9(2)3/h9-11H,5-8H2,1-4H3. The maximum absolute atomic E-state index is 11.7. The largest absolute Gasteiger partial charge is 0.383 e. The van der Waals surface area contributed by atoms with Crippen LogP contribution >= 0.6 is 0 Å². The minimum atomic E-state index is -2.97. The highest BCUT2D eigenvalue weighted by molar-refractivity contribution is 7.91. The Balaban J connectivity index is 4.24. The topological polar surface area (TPSA) is 55.4 Å². The van der Waals surface area contributed by atoms with Crippen LogP contribution in [0.25, 0.3) is 0 Å². The fourth-order valence-electron chi connectivity index (χ4n) is 1.54. The van der Waals surface area contributed by atoms with Crippen LogP contribution in [-0.4, -0.2) is 46.2 Å². The molecule has 1 N–H and O–H groups in total. The molecule has 0 spiro atoms. The van der Waals surface area contributed by atoms with Gasteiger partial charge in [-0.3, -0.25) is 0 Å². The average Bonchev–Trinajstić information content (AvgIpc) is 2.01. The van der Waals surface area contributed by atoms with Crippen molar-refractivity contribution in [2.75, 3.05) is 31.8 Å². The third kappa shape index (κ3) is 7.76. The van der Waals surface area contributed by atoms with Crippen LogP contribution in [0.3, 0.4) is 0 Å². The lowest BCUT2D eigenvalue weighted by Crippen LogP contribution is -2.40. The van der Waals surface area contributed by atoms with Crippen molar-refractivity contribution in [1.82, 2.24) is 5.32 Å². The molecule has 15 heavy (non-hydrogen) atoms. The third-order valence-corrected chi connectivity index (χ3v) is 3.99. The van der Waals surface area contributed by atoms with Crippen LogP contribution in [0, 0.1) is 5.92 Å². The molecule has 0 fully saturated rings. The summed E-state index contributed by atoms with van der Waals surface area (Å²) in [5, 5.41) is 3.11. The Kier molecular flexibility index (Phi) is 7.13. The highest BCUT2D eigenvalue weighted by atomic mass is 32.2. The van der Waals surface area contributed by atoms with Crippen LogP contribution in [0.2, 0.25) is 0 Å². The van der Waals surface area contributed by atoms with Crippen molar-refractivity contribution < 1.29 is 13.2 Å². The molecule has 5 heteroatoms. The van der Waals surface area contributed by atoms with Gasteiger partial charge < -0.3 is 10.1 Å². The summed E-state index contributed by atoms with van der Waals surface area (Å²) in [6, 6.07) is -0.0938. The van der Waals surface area contributed by atoms with Crippen LogP contribution in [-0.2, 0) is 14.6 Å². The average molecular weight is 237 g/mol. The first-order valence-electron chi connectivity index (χ1n) is 5.34. The summed E-state index contributed by atoms with van der Waals surface area (Å²) < 4.78 is 28.4. The van der Waals surface area contributed by atoms with E-state index in [1.54, 1.807) is 7.11 Å². The van der Waals surface area contributed by atoms with Crippen molar-refractivity contribution in [3.05, 3.63) is 0 Å². The molecule has 0 aromatic heterocycles. The van der Waals surface area contributed by atoms with E-state index >= 15 is 0 Å². The van der Waals surface area contributed by atoms with E-state index in [-0.39, 0.29) is 23.5 Å². The van der Waals surface area contributed by atoms with Gasteiger partial charge in [-0.2, -0.15) is 0 Å². The highest BCUT2D eigenvalue weighted by Gasteiger charge is 2.19. The Bertz CT molecular complexity index is 243. The quantitative estimate of drug-likeness (QED) is 0.674. The molecule has 0 aliphatic heterocycles. The summed E-state index contributed by atoms with van der Waals surface area (Å²) in [5.41, 5.74) is 0. The fraction of sp³-hybridized carbons (Fsp3) is 1.00. The molecule has 0 aliphatic rings. The molecule has 0 saturated carbocycles. The molecule has 0 aromatic rings. The van der Waals surface area contributed by atoms with Crippen molar-refractivity contribution in [2.45, 2.75) is 26.8 Å². The Labute approximate surface area is 93.3 Å². The van der Waals surface area contributed by atoms with E-state index in [0.29, 0.717) is 6.61 Å². The molecule has 0 heterocycles. The molecule has 0 radical (unpaired) electrons. The third-order valence-electron chi connectivity index (χ3n) is 1.90. The van der Waals surface area contributed by atoms with E-state index in [2.05, 4.69) is 5.32 Å². The number of sulfone groups is 1. The van der Waals surface area contributed by atoms with Crippen molar-refractivity contribution in [1.29, 1.82) is 0 Å². The molecule has 1 unspecified atom stereocenters. The van der Waals surface area contributed by atoms with E-state index in [1.165, 1.54) is 0 Å². The molecular weight excluding hydrogens is 214 g/mol. The summed E-state index contributed by atoms with van der Waals surface area (Å²) in [7, 11) is -1.38. The molecule has 92 valence electrons. The summed E-state index contributed by atoms with van der Waals surface area (Å²) in [6.07, 6.45) is 0. The molecular formula is C10H23NO3S. The minimum Gasteiger partial charge on any atom is -0.383 e. The van der Waals surface area contributed by atoms with Gasteiger partial charge >= 0.3 is 0 Å². The molecule has 0 rings (SSSR count). The van der Waals surface area contributed by atoms with Gasteiger partial charge in [-0.05, 0) is 12.5 Å². The highest BCUT2D eigenvalue weighted by Crippen LogP contribution is 2.03. The zero-order chi connectivity index (χ0) is 11.9. The SMILES string of the molecule is CCNC(COC)CS(=O)(=O)CC(C)C.